The first kappa shape index (κ1) is 10.8. The van der Waals surface area contributed by atoms with Crippen LogP contribution in [0.1, 0.15) is 15.2 Å². The fourth-order valence-corrected chi connectivity index (χ4v) is 1.34. The summed E-state index contributed by atoms with van der Waals surface area (Å²) in [6.45, 7) is 1.75. The van der Waals surface area contributed by atoms with Crippen LogP contribution in [0, 0.1) is 6.92 Å². The van der Waals surface area contributed by atoms with Gasteiger partial charge in [-0.1, -0.05) is 0 Å². The van der Waals surface area contributed by atoms with Crippen LogP contribution in [-0.2, 0) is 0 Å². The van der Waals surface area contributed by atoms with Gasteiger partial charge in [-0.05, 0) is 23.9 Å². The molecule has 0 spiro atoms. The van der Waals surface area contributed by atoms with E-state index in [9.17, 15) is 9.90 Å². The summed E-state index contributed by atoms with van der Waals surface area (Å²) in [7, 11) is 0. The minimum absolute atomic E-state index is 0. The van der Waals surface area contributed by atoms with Crippen molar-refractivity contribution in [1.82, 2.24) is 0 Å². The number of rotatable bonds is 1. The van der Waals surface area contributed by atoms with Gasteiger partial charge in [-0.2, -0.15) is 0 Å². The molecule has 2 nitrogen and oxygen atoms in total. The third kappa shape index (κ3) is 2.45. The molecule has 0 saturated heterocycles. The van der Waals surface area contributed by atoms with Gasteiger partial charge in [-0.15, -0.1) is 11.3 Å². The smallest absolute Gasteiger partial charge is 0.544 e. The van der Waals surface area contributed by atoms with E-state index in [1.165, 1.54) is 11.3 Å². The second-order valence-corrected chi connectivity index (χ2v) is 2.64. The molecule has 0 radical (unpaired) electrons. The summed E-state index contributed by atoms with van der Waals surface area (Å²) < 4.78 is 0. The summed E-state index contributed by atoms with van der Waals surface area (Å²) in [4.78, 5) is 10.5. The monoisotopic (exact) mass is 180 g/mol. The van der Waals surface area contributed by atoms with Crippen molar-refractivity contribution in [3.05, 3.63) is 21.9 Å². The van der Waals surface area contributed by atoms with Gasteiger partial charge < -0.3 is 9.90 Å². The number of thiophene rings is 1. The summed E-state index contributed by atoms with van der Waals surface area (Å²) >= 11 is 1.20. The Balaban J connectivity index is 0.000000810. The van der Waals surface area contributed by atoms with E-state index < -0.39 is 5.97 Å². The van der Waals surface area contributed by atoms with Crippen LogP contribution in [0.3, 0.4) is 0 Å². The van der Waals surface area contributed by atoms with Gasteiger partial charge in [-0.3, -0.25) is 0 Å². The first-order valence-corrected chi connectivity index (χ1v) is 3.35. The van der Waals surface area contributed by atoms with E-state index in [-0.39, 0.29) is 51.4 Å². The molecule has 0 aliphatic rings. The zero-order valence-corrected chi connectivity index (χ0v) is 9.82. The van der Waals surface area contributed by atoms with Crippen LogP contribution in [0.25, 0.3) is 0 Å². The molecule has 1 rings (SSSR count). The van der Waals surface area contributed by atoms with Gasteiger partial charge in [0, 0.05) is 0 Å². The molecule has 0 aliphatic heterocycles. The molecule has 1 heterocycles. The van der Waals surface area contributed by atoms with Crippen LogP contribution < -0.4 is 56.5 Å². The largest absolute Gasteiger partial charge is 1.00 e. The van der Waals surface area contributed by atoms with Crippen molar-refractivity contribution < 1.29 is 61.3 Å². The number of hydrogen-bond donors (Lipinski definition) is 0. The molecular formula is C6H5KO2S. The maximum Gasteiger partial charge on any atom is 1.00 e. The van der Waals surface area contributed by atoms with Gasteiger partial charge in [0.1, 0.15) is 0 Å². The molecule has 1 aromatic heterocycles. The Morgan fingerprint density at radius 2 is 2.30 bits per heavy atom. The van der Waals surface area contributed by atoms with Crippen molar-refractivity contribution in [2.75, 3.05) is 0 Å². The van der Waals surface area contributed by atoms with Crippen molar-refractivity contribution in [2.45, 2.75) is 6.92 Å². The molecule has 0 aliphatic carbocycles. The van der Waals surface area contributed by atoms with Crippen LogP contribution in [0.5, 0.6) is 0 Å². The van der Waals surface area contributed by atoms with Crippen molar-refractivity contribution in [3.8, 4) is 0 Å². The molecule has 0 unspecified atom stereocenters. The average molecular weight is 180 g/mol. The topological polar surface area (TPSA) is 40.1 Å². The Morgan fingerprint density at radius 1 is 1.70 bits per heavy atom. The molecule has 0 N–H and O–H groups in total. The van der Waals surface area contributed by atoms with Crippen LogP contribution in [0.2, 0.25) is 0 Å². The van der Waals surface area contributed by atoms with E-state index in [0.29, 0.717) is 4.88 Å². The minimum atomic E-state index is -1.08. The molecular weight excluding hydrogens is 175 g/mol. The Hall–Kier alpha value is 0.806. The van der Waals surface area contributed by atoms with Crippen molar-refractivity contribution >= 4 is 17.3 Å². The first-order chi connectivity index (χ1) is 4.22. The molecule has 0 aromatic carbocycles. The number of aromatic carboxylic acids is 1. The zero-order valence-electron chi connectivity index (χ0n) is 5.88. The Labute approximate surface area is 106 Å². The summed E-state index contributed by atoms with van der Waals surface area (Å²) in [5, 5.41) is 11.9. The number of hydrogen-bond acceptors (Lipinski definition) is 3. The van der Waals surface area contributed by atoms with E-state index in [1.54, 1.807) is 18.4 Å². The standard InChI is InChI=1S/C6H6O2S.K/c1-4-2-3-9-5(4)6(7)8;/h2-3H,1H3,(H,7,8);/q;+1/p-1. The van der Waals surface area contributed by atoms with Gasteiger partial charge in [0.15, 0.2) is 0 Å². The van der Waals surface area contributed by atoms with Gasteiger partial charge >= 0.3 is 51.4 Å². The Morgan fingerprint density at radius 3 is 2.50 bits per heavy atom. The molecule has 48 valence electrons. The summed E-state index contributed by atoms with van der Waals surface area (Å²) in [5.41, 5.74) is 0.778. The molecule has 4 heteroatoms. The fourth-order valence-electron chi connectivity index (χ4n) is 0.582. The van der Waals surface area contributed by atoms with Crippen LogP contribution in [0.15, 0.2) is 11.4 Å². The Bertz CT molecular complexity index is 231. The molecule has 0 atom stereocenters. The van der Waals surface area contributed by atoms with Gasteiger partial charge in [0.2, 0.25) is 0 Å². The molecule has 0 amide bonds. The predicted molar refractivity (Wildman–Crippen MR) is 33.4 cm³/mol. The quantitative estimate of drug-likeness (QED) is 0.446. The average Bonchev–Trinajstić information content (AvgIpc) is 2.13. The molecule has 0 fully saturated rings. The van der Waals surface area contributed by atoms with Crippen molar-refractivity contribution in [3.63, 3.8) is 0 Å². The minimum Gasteiger partial charge on any atom is -0.544 e. The second kappa shape index (κ2) is 4.64. The van der Waals surface area contributed by atoms with Gasteiger partial charge in [0.25, 0.3) is 0 Å². The van der Waals surface area contributed by atoms with Crippen molar-refractivity contribution in [2.24, 2.45) is 0 Å². The van der Waals surface area contributed by atoms with E-state index in [2.05, 4.69) is 0 Å². The van der Waals surface area contributed by atoms with Crippen LogP contribution in [-0.4, -0.2) is 5.97 Å². The predicted octanol–water partition coefficient (Wildman–Crippen LogP) is -2.58. The van der Waals surface area contributed by atoms with E-state index >= 15 is 0 Å². The van der Waals surface area contributed by atoms with E-state index in [1.807, 2.05) is 0 Å². The third-order valence-electron chi connectivity index (χ3n) is 1.05. The number of carbonyl (C=O) groups is 1. The van der Waals surface area contributed by atoms with E-state index in [4.69, 9.17) is 0 Å². The van der Waals surface area contributed by atoms with Crippen LogP contribution in [0.4, 0.5) is 0 Å². The molecule has 0 saturated carbocycles. The molecule has 1 aromatic rings. The molecule has 10 heavy (non-hydrogen) atoms. The fraction of sp³-hybridized carbons (Fsp3) is 0.167. The summed E-state index contributed by atoms with van der Waals surface area (Å²) in [6.07, 6.45) is 0. The van der Waals surface area contributed by atoms with Gasteiger partial charge in [0.05, 0.1) is 10.8 Å². The Kier molecular flexibility index (Phi) is 5.01. The van der Waals surface area contributed by atoms with Crippen LogP contribution >= 0.6 is 11.3 Å². The summed E-state index contributed by atoms with van der Waals surface area (Å²) in [5.74, 6) is -1.08. The number of carbonyl (C=O) groups excluding carboxylic acids is 1. The maximum atomic E-state index is 10.2. The second-order valence-electron chi connectivity index (χ2n) is 1.72. The first-order valence-electron chi connectivity index (χ1n) is 2.47. The summed E-state index contributed by atoms with van der Waals surface area (Å²) in [6, 6.07) is 1.76. The molecule has 0 bridgehead atoms. The number of aryl methyl sites for hydroxylation is 1. The zero-order chi connectivity index (χ0) is 6.85. The van der Waals surface area contributed by atoms with Gasteiger partial charge in [-0.25, -0.2) is 0 Å². The van der Waals surface area contributed by atoms with E-state index in [0.717, 1.165) is 5.56 Å². The number of carboxylic acid groups (broad SMARTS) is 1. The normalized spacial score (nSPS) is 8.50. The van der Waals surface area contributed by atoms with Crippen molar-refractivity contribution in [1.29, 1.82) is 0 Å². The third-order valence-corrected chi connectivity index (χ3v) is 2.04. The SMILES string of the molecule is Cc1ccsc1C(=O)[O-].[K+]. The maximum absolute atomic E-state index is 10.2. The number of carboxylic acids is 1.